The van der Waals surface area contributed by atoms with Gasteiger partial charge in [-0.25, -0.2) is 0 Å². The van der Waals surface area contributed by atoms with Gasteiger partial charge in [-0.05, 0) is 49.4 Å². The van der Waals surface area contributed by atoms with Crippen LogP contribution in [0.2, 0.25) is 18.1 Å². The first-order chi connectivity index (χ1) is 9.22. The zero-order valence-electron chi connectivity index (χ0n) is 13.8. The number of hydrogen-bond donors (Lipinski definition) is 0. The molecule has 0 bridgehead atoms. The number of Topliss-reactive ketones (excluding diaryl/α,β-unsaturated/α-hetero) is 1. The standard InChI is InChI=1S/C17H30O2Si/c1-17(2,3)20(4,5)19-12-13-11-16(18)15-10-8-6-7-9-14(13)15/h13H,6-12H2,1-5H3. The fraction of sp³-hybridized carbons (Fsp3) is 0.824. The van der Waals surface area contributed by atoms with E-state index in [2.05, 4.69) is 33.9 Å². The lowest BCUT2D eigenvalue weighted by Crippen LogP contribution is -2.42. The second kappa shape index (κ2) is 5.76. The van der Waals surface area contributed by atoms with Gasteiger partial charge in [0.05, 0.1) is 0 Å². The molecule has 114 valence electrons. The molecule has 2 aliphatic rings. The minimum atomic E-state index is -1.70. The number of ketones is 1. The Morgan fingerprint density at radius 2 is 1.80 bits per heavy atom. The molecule has 2 rings (SSSR count). The van der Waals surface area contributed by atoms with E-state index in [1.165, 1.54) is 30.4 Å². The Morgan fingerprint density at radius 3 is 2.45 bits per heavy atom. The maximum absolute atomic E-state index is 12.2. The molecule has 0 radical (unpaired) electrons. The van der Waals surface area contributed by atoms with Crippen LogP contribution in [-0.4, -0.2) is 20.7 Å². The van der Waals surface area contributed by atoms with Crippen LogP contribution in [0, 0.1) is 5.92 Å². The van der Waals surface area contributed by atoms with Crippen LogP contribution in [0.25, 0.3) is 0 Å². The van der Waals surface area contributed by atoms with Gasteiger partial charge < -0.3 is 4.43 Å². The molecule has 0 amide bonds. The van der Waals surface area contributed by atoms with Crippen molar-refractivity contribution in [1.82, 2.24) is 0 Å². The van der Waals surface area contributed by atoms with Crippen LogP contribution in [0.4, 0.5) is 0 Å². The van der Waals surface area contributed by atoms with Crippen LogP contribution in [0.5, 0.6) is 0 Å². The number of carbonyl (C=O) groups excluding carboxylic acids is 1. The van der Waals surface area contributed by atoms with Gasteiger partial charge in [-0.2, -0.15) is 0 Å². The van der Waals surface area contributed by atoms with Crippen molar-refractivity contribution in [2.75, 3.05) is 6.61 Å². The molecule has 0 aromatic carbocycles. The summed E-state index contributed by atoms with van der Waals surface area (Å²) in [5.41, 5.74) is 2.62. The molecular formula is C17H30O2Si. The average molecular weight is 295 g/mol. The Balaban J connectivity index is 2.04. The van der Waals surface area contributed by atoms with Crippen molar-refractivity contribution >= 4 is 14.1 Å². The van der Waals surface area contributed by atoms with E-state index in [0.29, 0.717) is 18.1 Å². The normalized spacial score (nSPS) is 24.9. The number of hydrogen-bond acceptors (Lipinski definition) is 2. The predicted molar refractivity (Wildman–Crippen MR) is 86.4 cm³/mol. The van der Waals surface area contributed by atoms with Crippen LogP contribution < -0.4 is 0 Å². The fourth-order valence-corrected chi connectivity index (χ4v) is 4.08. The van der Waals surface area contributed by atoms with Crippen LogP contribution >= 0.6 is 0 Å². The third-order valence-electron chi connectivity index (χ3n) is 5.47. The molecule has 1 atom stereocenters. The zero-order chi connectivity index (χ0) is 15.0. The van der Waals surface area contributed by atoms with E-state index in [1.54, 1.807) is 0 Å². The first-order valence-electron chi connectivity index (χ1n) is 8.11. The van der Waals surface area contributed by atoms with Crippen molar-refractivity contribution < 1.29 is 9.22 Å². The van der Waals surface area contributed by atoms with Gasteiger partial charge in [-0.1, -0.05) is 32.8 Å². The van der Waals surface area contributed by atoms with Crippen LogP contribution in [0.3, 0.4) is 0 Å². The van der Waals surface area contributed by atoms with E-state index in [0.717, 1.165) is 19.4 Å². The van der Waals surface area contributed by atoms with E-state index < -0.39 is 8.32 Å². The Kier molecular flexibility index (Phi) is 4.60. The van der Waals surface area contributed by atoms with Crippen molar-refractivity contribution in [3.8, 4) is 0 Å². The largest absolute Gasteiger partial charge is 0.416 e. The molecule has 0 heterocycles. The predicted octanol–water partition coefficient (Wildman–Crippen LogP) is 4.86. The van der Waals surface area contributed by atoms with Gasteiger partial charge in [-0.15, -0.1) is 0 Å². The second-order valence-electron chi connectivity index (χ2n) is 7.96. The fourth-order valence-electron chi connectivity index (χ4n) is 3.03. The summed E-state index contributed by atoms with van der Waals surface area (Å²) in [6.45, 7) is 12.2. The van der Waals surface area contributed by atoms with E-state index >= 15 is 0 Å². The summed E-state index contributed by atoms with van der Waals surface area (Å²) in [6, 6.07) is 0. The Hall–Kier alpha value is -0.413. The van der Waals surface area contributed by atoms with Gasteiger partial charge in [0.25, 0.3) is 0 Å². The highest BCUT2D eigenvalue weighted by molar-refractivity contribution is 6.74. The monoisotopic (exact) mass is 294 g/mol. The molecular weight excluding hydrogens is 264 g/mol. The average Bonchev–Trinajstić information content (AvgIpc) is 2.53. The minimum Gasteiger partial charge on any atom is -0.416 e. The van der Waals surface area contributed by atoms with Gasteiger partial charge >= 0.3 is 0 Å². The maximum Gasteiger partial charge on any atom is 0.192 e. The summed E-state index contributed by atoms with van der Waals surface area (Å²) >= 11 is 0. The molecule has 0 aromatic rings. The topological polar surface area (TPSA) is 26.3 Å². The van der Waals surface area contributed by atoms with E-state index in [1.807, 2.05) is 0 Å². The van der Waals surface area contributed by atoms with Gasteiger partial charge in [0.1, 0.15) is 0 Å². The summed E-state index contributed by atoms with van der Waals surface area (Å²) in [4.78, 5) is 12.2. The van der Waals surface area contributed by atoms with Crippen LogP contribution in [0.15, 0.2) is 11.1 Å². The third kappa shape index (κ3) is 3.25. The first-order valence-corrected chi connectivity index (χ1v) is 11.0. The smallest absolute Gasteiger partial charge is 0.192 e. The van der Waals surface area contributed by atoms with E-state index in [-0.39, 0.29) is 5.04 Å². The molecule has 20 heavy (non-hydrogen) atoms. The molecule has 0 aliphatic heterocycles. The molecule has 0 fully saturated rings. The van der Waals surface area contributed by atoms with Gasteiger partial charge in [0.2, 0.25) is 0 Å². The maximum atomic E-state index is 12.2. The van der Waals surface area contributed by atoms with E-state index in [9.17, 15) is 4.79 Å². The third-order valence-corrected chi connectivity index (χ3v) is 9.97. The van der Waals surface area contributed by atoms with Crippen molar-refractivity contribution in [1.29, 1.82) is 0 Å². The molecule has 0 saturated heterocycles. The molecule has 0 aromatic heterocycles. The Bertz CT molecular complexity index is 415. The Morgan fingerprint density at radius 1 is 1.15 bits per heavy atom. The van der Waals surface area contributed by atoms with Crippen LogP contribution in [0.1, 0.15) is 59.3 Å². The summed E-state index contributed by atoms with van der Waals surface area (Å²) in [5, 5.41) is 0.246. The first kappa shape index (κ1) is 16.0. The van der Waals surface area contributed by atoms with Gasteiger partial charge in [0, 0.05) is 18.9 Å². The van der Waals surface area contributed by atoms with Crippen molar-refractivity contribution in [3.63, 3.8) is 0 Å². The van der Waals surface area contributed by atoms with Crippen molar-refractivity contribution in [2.24, 2.45) is 5.92 Å². The summed E-state index contributed by atoms with van der Waals surface area (Å²) in [5.74, 6) is 0.787. The lowest BCUT2D eigenvalue weighted by molar-refractivity contribution is -0.115. The summed E-state index contributed by atoms with van der Waals surface area (Å²) < 4.78 is 6.37. The highest BCUT2D eigenvalue weighted by Crippen LogP contribution is 2.41. The van der Waals surface area contributed by atoms with Gasteiger partial charge in [0.15, 0.2) is 14.1 Å². The highest BCUT2D eigenvalue weighted by atomic mass is 28.4. The quantitative estimate of drug-likeness (QED) is 0.695. The van der Waals surface area contributed by atoms with E-state index in [4.69, 9.17) is 4.43 Å². The molecule has 0 N–H and O–H groups in total. The Labute approximate surface area is 125 Å². The molecule has 0 spiro atoms. The van der Waals surface area contributed by atoms with Gasteiger partial charge in [-0.3, -0.25) is 4.79 Å². The number of rotatable bonds is 3. The van der Waals surface area contributed by atoms with Crippen molar-refractivity contribution in [2.45, 2.75) is 77.4 Å². The van der Waals surface area contributed by atoms with Crippen molar-refractivity contribution in [3.05, 3.63) is 11.1 Å². The molecule has 0 saturated carbocycles. The SMILES string of the molecule is CC(C)(C)[Si](C)(C)OCC1CC(=O)C2=C1CCCCC2. The molecule has 2 aliphatic carbocycles. The lowest BCUT2D eigenvalue weighted by Gasteiger charge is -2.37. The number of carbonyl (C=O) groups is 1. The molecule has 3 heteroatoms. The number of allylic oxidation sites excluding steroid dienone is 1. The lowest BCUT2D eigenvalue weighted by atomic mass is 9.98. The minimum absolute atomic E-state index is 0.246. The van der Waals surface area contributed by atoms with Crippen LogP contribution in [-0.2, 0) is 9.22 Å². The second-order valence-corrected chi connectivity index (χ2v) is 12.8. The summed E-state index contributed by atoms with van der Waals surface area (Å²) in [7, 11) is -1.70. The highest BCUT2D eigenvalue weighted by Gasteiger charge is 2.39. The zero-order valence-corrected chi connectivity index (χ0v) is 14.8. The molecule has 1 unspecified atom stereocenters. The molecule has 2 nitrogen and oxygen atoms in total. The summed E-state index contributed by atoms with van der Waals surface area (Å²) in [6.07, 6.45) is 6.58.